The van der Waals surface area contributed by atoms with E-state index in [1.807, 2.05) is 38.1 Å². The minimum Gasteiger partial charge on any atom is -0.452 e. The fraction of sp³-hybridized carbons (Fsp3) is 0.238. The molecule has 26 heavy (non-hydrogen) atoms. The number of halogens is 1. The molecule has 0 fully saturated rings. The molecule has 0 spiro atoms. The van der Waals surface area contributed by atoms with Crippen molar-refractivity contribution in [3.8, 4) is 0 Å². The summed E-state index contributed by atoms with van der Waals surface area (Å²) in [4.78, 5) is 23.9. The number of hydrogen-bond acceptors (Lipinski definition) is 3. The van der Waals surface area contributed by atoms with Gasteiger partial charge >= 0.3 is 5.97 Å². The molecule has 0 radical (unpaired) electrons. The number of nitrogens with one attached hydrogen (secondary N) is 1. The predicted molar refractivity (Wildman–Crippen MR) is 105 cm³/mol. The molecule has 0 atom stereocenters. The lowest BCUT2D eigenvalue weighted by Gasteiger charge is -2.14. The van der Waals surface area contributed by atoms with Gasteiger partial charge in [0.05, 0.1) is 0 Å². The Balaban J connectivity index is 1.93. The smallest absolute Gasteiger partial charge is 0.331 e. The highest BCUT2D eigenvalue weighted by Gasteiger charge is 2.11. The fourth-order valence-corrected chi connectivity index (χ4v) is 2.73. The quantitative estimate of drug-likeness (QED) is 0.568. The van der Waals surface area contributed by atoms with Gasteiger partial charge in [0.1, 0.15) is 0 Å². The maximum Gasteiger partial charge on any atom is 0.331 e. The second-order valence-electron chi connectivity index (χ2n) is 5.67. The SMILES string of the molecule is CCc1cccc(CC)c1NC(=O)COC(=O)/C=C/c1ccccc1Cl. The molecule has 1 N–H and O–H groups in total. The van der Waals surface area contributed by atoms with Crippen molar-refractivity contribution in [2.24, 2.45) is 0 Å². The molecule has 4 nitrogen and oxygen atoms in total. The number of aryl methyl sites for hydroxylation is 2. The molecule has 5 heteroatoms. The summed E-state index contributed by atoms with van der Waals surface area (Å²) in [7, 11) is 0. The zero-order chi connectivity index (χ0) is 18.9. The maximum absolute atomic E-state index is 12.1. The van der Waals surface area contributed by atoms with Gasteiger partial charge in [0, 0.05) is 16.8 Å². The van der Waals surface area contributed by atoms with Crippen LogP contribution in [-0.4, -0.2) is 18.5 Å². The molecule has 0 saturated heterocycles. The minimum absolute atomic E-state index is 0.340. The number of carbonyl (C=O) groups is 2. The third-order valence-corrected chi connectivity index (χ3v) is 4.26. The molecule has 0 bridgehead atoms. The first kappa shape index (κ1) is 19.7. The third kappa shape index (κ3) is 5.46. The minimum atomic E-state index is -0.598. The Morgan fingerprint density at radius 1 is 1.04 bits per heavy atom. The van der Waals surface area contributed by atoms with Crippen molar-refractivity contribution in [3.63, 3.8) is 0 Å². The molecule has 0 unspecified atom stereocenters. The lowest BCUT2D eigenvalue weighted by molar-refractivity contribution is -0.142. The molecule has 2 rings (SSSR count). The van der Waals surface area contributed by atoms with Crippen molar-refractivity contribution in [1.29, 1.82) is 0 Å². The molecule has 136 valence electrons. The summed E-state index contributed by atoms with van der Waals surface area (Å²) in [6, 6.07) is 13.1. The normalized spacial score (nSPS) is 10.7. The Morgan fingerprint density at radius 3 is 2.31 bits per heavy atom. The number of rotatable bonds is 7. The van der Waals surface area contributed by atoms with E-state index in [4.69, 9.17) is 16.3 Å². The molecule has 0 aliphatic heterocycles. The molecule has 2 aromatic rings. The lowest BCUT2D eigenvalue weighted by Crippen LogP contribution is -2.21. The second kappa shape index (κ2) is 9.78. The molecule has 0 aromatic heterocycles. The first-order valence-corrected chi connectivity index (χ1v) is 8.92. The highest BCUT2D eigenvalue weighted by molar-refractivity contribution is 6.32. The number of hydrogen-bond donors (Lipinski definition) is 1. The zero-order valence-electron chi connectivity index (χ0n) is 14.9. The maximum atomic E-state index is 12.1. The van der Waals surface area contributed by atoms with Crippen LogP contribution >= 0.6 is 11.6 Å². The summed E-state index contributed by atoms with van der Waals surface area (Å²) >= 11 is 6.02. The molecular formula is C21H22ClNO3. The van der Waals surface area contributed by atoms with Crippen LogP contribution in [0.5, 0.6) is 0 Å². The number of carbonyl (C=O) groups excluding carboxylic acids is 2. The second-order valence-corrected chi connectivity index (χ2v) is 6.08. The Labute approximate surface area is 158 Å². The van der Waals surface area contributed by atoms with Gasteiger partial charge in [-0.05, 0) is 41.7 Å². The fourth-order valence-electron chi connectivity index (χ4n) is 2.53. The third-order valence-electron chi connectivity index (χ3n) is 3.91. The summed E-state index contributed by atoms with van der Waals surface area (Å²) in [5, 5.41) is 3.40. The first-order valence-electron chi connectivity index (χ1n) is 8.55. The van der Waals surface area contributed by atoms with Gasteiger partial charge in [0.25, 0.3) is 5.91 Å². The van der Waals surface area contributed by atoms with E-state index >= 15 is 0 Å². The summed E-state index contributed by atoms with van der Waals surface area (Å²) in [5.41, 5.74) is 3.63. The average molecular weight is 372 g/mol. The number of para-hydroxylation sites is 1. The van der Waals surface area contributed by atoms with E-state index in [1.165, 1.54) is 6.08 Å². The number of anilines is 1. The summed E-state index contributed by atoms with van der Waals surface area (Å²) in [6.45, 7) is 3.72. The first-order chi connectivity index (χ1) is 12.5. The van der Waals surface area contributed by atoms with E-state index in [0.29, 0.717) is 10.6 Å². The van der Waals surface area contributed by atoms with Crippen LogP contribution < -0.4 is 5.32 Å². The van der Waals surface area contributed by atoms with Crippen LogP contribution in [0.25, 0.3) is 6.08 Å². The van der Waals surface area contributed by atoms with Crippen molar-refractivity contribution in [2.45, 2.75) is 26.7 Å². The van der Waals surface area contributed by atoms with Crippen LogP contribution in [0.2, 0.25) is 5.02 Å². The van der Waals surface area contributed by atoms with Crippen LogP contribution in [-0.2, 0) is 27.2 Å². The van der Waals surface area contributed by atoms with Crippen LogP contribution in [0.1, 0.15) is 30.5 Å². The van der Waals surface area contributed by atoms with Gasteiger partial charge in [-0.2, -0.15) is 0 Å². The number of amides is 1. The molecule has 1 amide bonds. The highest BCUT2D eigenvalue weighted by Crippen LogP contribution is 2.22. The van der Waals surface area contributed by atoms with E-state index in [1.54, 1.807) is 24.3 Å². The van der Waals surface area contributed by atoms with Crippen LogP contribution in [0, 0.1) is 0 Å². The van der Waals surface area contributed by atoms with E-state index in [0.717, 1.165) is 29.7 Å². The summed E-state index contributed by atoms with van der Waals surface area (Å²) in [5.74, 6) is -0.959. The monoisotopic (exact) mass is 371 g/mol. The van der Waals surface area contributed by atoms with E-state index in [-0.39, 0.29) is 12.5 Å². The average Bonchev–Trinajstić information content (AvgIpc) is 2.65. The van der Waals surface area contributed by atoms with Gasteiger partial charge in [-0.25, -0.2) is 4.79 Å². The molecule has 0 aliphatic rings. The largest absolute Gasteiger partial charge is 0.452 e. The van der Waals surface area contributed by atoms with Crippen molar-refractivity contribution < 1.29 is 14.3 Å². The van der Waals surface area contributed by atoms with E-state index in [2.05, 4.69) is 5.32 Å². The number of ether oxygens (including phenoxy) is 1. The van der Waals surface area contributed by atoms with Crippen molar-refractivity contribution in [2.75, 3.05) is 11.9 Å². The van der Waals surface area contributed by atoms with Crippen molar-refractivity contribution in [1.82, 2.24) is 0 Å². The molecule has 0 heterocycles. The van der Waals surface area contributed by atoms with Gasteiger partial charge in [0.2, 0.25) is 0 Å². The van der Waals surface area contributed by atoms with Gasteiger partial charge in [-0.1, -0.05) is 61.8 Å². The summed E-state index contributed by atoms with van der Waals surface area (Å²) in [6.07, 6.45) is 4.43. The molecular weight excluding hydrogens is 350 g/mol. The van der Waals surface area contributed by atoms with Crippen LogP contribution in [0.3, 0.4) is 0 Å². The highest BCUT2D eigenvalue weighted by atomic mass is 35.5. The van der Waals surface area contributed by atoms with Gasteiger partial charge in [-0.15, -0.1) is 0 Å². The Morgan fingerprint density at radius 2 is 1.69 bits per heavy atom. The van der Waals surface area contributed by atoms with Crippen molar-refractivity contribution >= 4 is 35.2 Å². The molecule has 0 saturated carbocycles. The van der Waals surface area contributed by atoms with E-state index < -0.39 is 5.97 Å². The van der Waals surface area contributed by atoms with Gasteiger partial charge in [0.15, 0.2) is 6.61 Å². The Kier molecular flexibility index (Phi) is 7.42. The lowest BCUT2D eigenvalue weighted by atomic mass is 10.0. The van der Waals surface area contributed by atoms with Crippen LogP contribution in [0.15, 0.2) is 48.5 Å². The molecule has 0 aliphatic carbocycles. The number of benzene rings is 2. The molecule has 2 aromatic carbocycles. The zero-order valence-corrected chi connectivity index (χ0v) is 15.7. The topological polar surface area (TPSA) is 55.4 Å². The van der Waals surface area contributed by atoms with E-state index in [9.17, 15) is 9.59 Å². The van der Waals surface area contributed by atoms with Gasteiger partial charge < -0.3 is 10.1 Å². The van der Waals surface area contributed by atoms with Crippen LogP contribution in [0.4, 0.5) is 5.69 Å². The summed E-state index contributed by atoms with van der Waals surface area (Å²) < 4.78 is 5.00. The van der Waals surface area contributed by atoms with Crippen molar-refractivity contribution in [3.05, 3.63) is 70.3 Å². The predicted octanol–water partition coefficient (Wildman–Crippen LogP) is 4.66. The standard InChI is InChI=1S/C21H22ClNO3/c1-3-15-9-7-10-16(4-2)21(15)23-19(24)14-26-20(25)13-12-17-8-5-6-11-18(17)22/h5-13H,3-4,14H2,1-2H3,(H,23,24)/b13-12+. The Bertz CT molecular complexity index is 792. The number of esters is 1. The van der Waals surface area contributed by atoms with Gasteiger partial charge in [-0.3, -0.25) is 4.79 Å². The Hall–Kier alpha value is -2.59.